The van der Waals surface area contributed by atoms with E-state index in [9.17, 15) is 9.59 Å². The first kappa shape index (κ1) is 14.6. The zero-order valence-corrected chi connectivity index (χ0v) is 12.0. The van der Waals surface area contributed by atoms with Gasteiger partial charge in [-0.05, 0) is 37.2 Å². The van der Waals surface area contributed by atoms with E-state index in [1.807, 2.05) is 0 Å². The van der Waals surface area contributed by atoms with E-state index in [2.05, 4.69) is 9.69 Å². The van der Waals surface area contributed by atoms with E-state index in [4.69, 9.17) is 16.2 Å². The van der Waals surface area contributed by atoms with Crippen molar-refractivity contribution in [1.29, 1.82) is 0 Å². The van der Waals surface area contributed by atoms with Crippen molar-refractivity contribution in [3.63, 3.8) is 0 Å². The van der Waals surface area contributed by atoms with Gasteiger partial charge in [-0.15, -0.1) is 0 Å². The zero-order chi connectivity index (χ0) is 14.7. The molecule has 1 heterocycles. The molecule has 0 atom stereocenters. The van der Waals surface area contributed by atoms with Gasteiger partial charge in [-0.25, -0.2) is 4.79 Å². The summed E-state index contributed by atoms with van der Waals surface area (Å²) >= 11 is 1.14. The fourth-order valence-electron chi connectivity index (χ4n) is 2.41. The minimum absolute atomic E-state index is 0.0420. The van der Waals surface area contributed by atoms with Crippen molar-refractivity contribution in [2.24, 2.45) is 11.7 Å². The second kappa shape index (κ2) is 6.08. The van der Waals surface area contributed by atoms with Crippen LogP contribution in [-0.4, -0.2) is 29.4 Å². The van der Waals surface area contributed by atoms with Crippen LogP contribution in [0.1, 0.15) is 36.0 Å². The van der Waals surface area contributed by atoms with Crippen LogP contribution < -0.4 is 16.8 Å². The number of nitrogens with two attached hydrogens (primary N) is 2. The van der Waals surface area contributed by atoms with E-state index >= 15 is 0 Å². The molecule has 1 aliphatic carbocycles. The molecule has 5 N–H and O–H groups in total. The summed E-state index contributed by atoms with van der Waals surface area (Å²) < 4.78 is 8.68. The zero-order valence-electron chi connectivity index (χ0n) is 11.2. The van der Waals surface area contributed by atoms with E-state index in [0.717, 1.165) is 37.2 Å². The molecule has 1 amide bonds. The molecule has 1 aliphatic rings. The van der Waals surface area contributed by atoms with Crippen LogP contribution in [0.15, 0.2) is 0 Å². The molecule has 20 heavy (non-hydrogen) atoms. The Hall–Kier alpha value is -1.83. The smallest absolute Gasteiger partial charge is 0.344 e. The van der Waals surface area contributed by atoms with Crippen LogP contribution in [0.3, 0.4) is 0 Å². The van der Waals surface area contributed by atoms with Gasteiger partial charge in [-0.3, -0.25) is 4.79 Å². The maximum Gasteiger partial charge on any atom is 0.344 e. The molecule has 1 aromatic rings. The minimum Gasteiger partial charge on any atom is -0.465 e. The Labute approximate surface area is 120 Å². The van der Waals surface area contributed by atoms with E-state index < -0.39 is 5.97 Å². The number of rotatable bonds is 4. The Balaban J connectivity index is 2.01. The van der Waals surface area contributed by atoms with Gasteiger partial charge >= 0.3 is 5.97 Å². The number of nitrogens with one attached hydrogen (secondary N) is 1. The van der Waals surface area contributed by atoms with Crippen LogP contribution in [0.2, 0.25) is 0 Å². The van der Waals surface area contributed by atoms with Gasteiger partial charge in [0.2, 0.25) is 5.91 Å². The van der Waals surface area contributed by atoms with Crippen molar-refractivity contribution >= 4 is 34.2 Å². The summed E-state index contributed by atoms with van der Waals surface area (Å²) in [5.41, 5.74) is 11.3. The molecule has 1 fully saturated rings. The third-order valence-corrected chi connectivity index (χ3v) is 4.37. The number of methoxy groups -OCH3 is 1. The molecule has 1 saturated carbocycles. The Kier molecular flexibility index (Phi) is 4.43. The standard InChI is InChI=1S/C12H18N4O3S/c1-19-12(18)8-9(13)16-20-11(8)15-7-4-2-6(3-5-7)10(14)17/h6-7,15H,2-5H2,1H3,(H2,13,16)(H2,14,17). The number of nitrogens with zero attached hydrogens (tertiary/aromatic N) is 1. The first-order valence-corrected chi connectivity index (χ1v) is 7.19. The predicted molar refractivity (Wildman–Crippen MR) is 76.4 cm³/mol. The monoisotopic (exact) mass is 298 g/mol. The van der Waals surface area contributed by atoms with E-state index in [1.165, 1.54) is 7.11 Å². The molecular weight excluding hydrogens is 280 g/mol. The number of esters is 1. The summed E-state index contributed by atoms with van der Waals surface area (Å²) in [6.07, 6.45) is 3.17. The summed E-state index contributed by atoms with van der Waals surface area (Å²) in [5.74, 6) is -0.597. The lowest BCUT2D eigenvalue weighted by Crippen LogP contribution is -2.32. The van der Waals surface area contributed by atoms with Gasteiger partial charge < -0.3 is 21.5 Å². The Bertz CT molecular complexity index is 509. The number of amides is 1. The molecule has 0 bridgehead atoms. The highest BCUT2D eigenvalue weighted by molar-refractivity contribution is 7.11. The molecule has 0 saturated heterocycles. The molecule has 0 unspecified atom stereocenters. The maximum atomic E-state index is 11.7. The number of hydrogen-bond donors (Lipinski definition) is 3. The lowest BCUT2D eigenvalue weighted by Gasteiger charge is -2.27. The second-order valence-electron chi connectivity index (χ2n) is 4.86. The van der Waals surface area contributed by atoms with E-state index in [1.54, 1.807) is 0 Å². The van der Waals surface area contributed by atoms with Crippen LogP contribution in [-0.2, 0) is 9.53 Å². The van der Waals surface area contributed by atoms with Crippen LogP contribution in [0.4, 0.5) is 10.8 Å². The molecule has 8 heteroatoms. The van der Waals surface area contributed by atoms with E-state index in [0.29, 0.717) is 5.00 Å². The number of carbonyl (C=O) groups is 2. The van der Waals surface area contributed by atoms with Gasteiger partial charge in [0.05, 0.1) is 7.11 Å². The minimum atomic E-state index is -0.496. The quantitative estimate of drug-likeness (QED) is 0.712. The average Bonchev–Trinajstić information content (AvgIpc) is 2.79. The predicted octanol–water partition coefficient (Wildman–Crippen LogP) is 0.968. The Morgan fingerprint density at radius 3 is 2.55 bits per heavy atom. The Morgan fingerprint density at radius 1 is 1.35 bits per heavy atom. The number of carbonyl (C=O) groups excluding carboxylic acids is 2. The van der Waals surface area contributed by atoms with Gasteiger partial charge in [-0.1, -0.05) is 0 Å². The maximum absolute atomic E-state index is 11.7. The number of primary amides is 1. The van der Waals surface area contributed by atoms with Crippen molar-refractivity contribution in [3.05, 3.63) is 5.56 Å². The summed E-state index contributed by atoms with van der Waals surface area (Å²) in [5, 5.41) is 3.89. The van der Waals surface area contributed by atoms with Crippen molar-refractivity contribution in [2.45, 2.75) is 31.7 Å². The van der Waals surface area contributed by atoms with Crippen molar-refractivity contribution in [3.8, 4) is 0 Å². The molecule has 0 radical (unpaired) electrons. The number of aromatic nitrogens is 1. The van der Waals surface area contributed by atoms with Crippen molar-refractivity contribution < 1.29 is 14.3 Å². The first-order chi connectivity index (χ1) is 9.52. The first-order valence-electron chi connectivity index (χ1n) is 6.42. The van der Waals surface area contributed by atoms with Crippen LogP contribution in [0, 0.1) is 5.92 Å². The number of anilines is 2. The Morgan fingerprint density at radius 2 is 2.00 bits per heavy atom. The summed E-state index contributed by atoms with van der Waals surface area (Å²) in [6.45, 7) is 0. The summed E-state index contributed by atoms with van der Waals surface area (Å²) in [6, 6.07) is 0.189. The highest BCUT2D eigenvalue weighted by Crippen LogP contribution is 2.32. The molecule has 2 rings (SSSR count). The SMILES string of the molecule is COC(=O)c1c(N)nsc1NC1CCC(C(N)=O)CC1. The summed E-state index contributed by atoms with van der Waals surface area (Å²) in [4.78, 5) is 22.8. The molecule has 0 aliphatic heterocycles. The number of hydrogen-bond acceptors (Lipinski definition) is 7. The third-order valence-electron chi connectivity index (χ3n) is 3.57. The molecule has 110 valence electrons. The highest BCUT2D eigenvalue weighted by atomic mass is 32.1. The molecule has 7 nitrogen and oxygen atoms in total. The van der Waals surface area contributed by atoms with Gasteiger partial charge in [-0.2, -0.15) is 4.37 Å². The van der Waals surface area contributed by atoms with E-state index in [-0.39, 0.29) is 29.2 Å². The molecular formula is C12H18N4O3S. The van der Waals surface area contributed by atoms with Crippen LogP contribution in [0.5, 0.6) is 0 Å². The van der Waals surface area contributed by atoms with Gasteiger partial charge in [0, 0.05) is 12.0 Å². The molecule has 0 spiro atoms. The molecule has 1 aromatic heterocycles. The normalized spacial score (nSPS) is 22.2. The topological polar surface area (TPSA) is 120 Å². The van der Waals surface area contributed by atoms with Crippen LogP contribution in [0.25, 0.3) is 0 Å². The second-order valence-corrected chi connectivity index (χ2v) is 5.63. The van der Waals surface area contributed by atoms with Crippen molar-refractivity contribution in [2.75, 3.05) is 18.2 Å². The number of ether oxygens (including phenoxy) is 1. The molecule has 0 aromatic carbocycles. The largest absolute Gasteiger partial charge is 0.465 e. The average molecular weight is 298 g/mol. The highest BCUT2D eigenvalue weighted by Gasteiger charge is 2.27. The van der Waals surface area contributed by atoms with Crippen molar-refractivity contribution in [1.82, 2.24) is 4.37 Å². The summed E-state index contributed by atoms with van der Waals surface area (Å²) in [7, 11) is 1.31. The lowest BCUT2D eigenvalue weighted by atomic mass is 9.85. The third kappa shape index (κ3) is 3.01. The fraction of sp³-hybridized carbons (Fsp3) is 0.583. The van der Waals surface area contributed by atoms with Gasteiger partial charge in [0.15, 0.2) is 5.82 Å². The van der Waals surface area contributed by atoms with Crippen LogP contribution >= 0.6 is 11.5 Å². The van der Waals surface area contributed by atoms with Gasteiger partial charge in [0.25, 0.3) is 0 Å². The fourth-order valence-corrected chi connectivity index (χ4v) is 3.19. The lowest BCUT2D eigenvalue weighted by molar-refractivity contribution is -0.122. The van der Waals surface area contributed by atoms with Gasteiger partial charge in [0.1, 0.15) is 10.6 Å². The number of nitrogen functional groups attached to an aromatic ring is 1.